The van der Waals surface area contributed by atoms with Crippen LogP contribution >= 0.6 is 0 Å². The minimum Gasteiger partial charge on any atom is -0.370 e. The fourth-order valence-corrected chi connectivity index (χ4v) is 3.04. The van der Waals surface area contributed by atoms with Crippen molar-refractivity contribution in [2.45, 2.75) is 31.7 Å². The smallest absolute Gasteiger partial charge is 0.319 e. The molecule has 2 aliphatic heterocycles. The molecule has 1 spiro atoms. The van der Waals surface area contributed by atoms with Crippen LogP contribution in [-0.2, 0) is 0 Å². The van der Waals surface area contributed by atoms with Crippen molar-refractivity contribution in [2.24, 2.45) is 10.7 Å². The highest BCUT2D eigenvalue weighted by Gasteiger charge is 2.44. The van der Waals surface area contributed by atoms with Gasteiger partial charge in [0.1, 0.15) is 0 Å². The second-order valence-electron chi connectivity index (χ2n) is 5.71. The molecule has 1 saturated heterocycles. The molecule has 19 heavy (non-hydrogen) atoms. The maximum absolute atomic E-state index is 12.0. The van der Waals surface area contributed by atoms with Crippen LogP contribution in [0, 0.1) is 0 Å². The molecule has 0 aromatic heterocycles. The number of guanidine groups is 1. The van der Waals surface area contributed by atoms with Gasteiger partial charge in [0.2, 0.25) is 0 Å². The highest BCUT2D eigenvalue weighted by molar-refractivity contribution is 5.81. The largest absolute Gasteiger partial charge is 0.370 e. The maximum Gasteiger partial charge on any atom is 0.319 e. The minimum absolute atomic E-state index is 0.0587. The fraction of sp³-hybridized carbons (Fsp3) is 0.846. The van der Waals surface area contributed by atoms with Gasteiger partial charge in [0.15, 0.2) is 5.96 Å². The third kappa shape index (κ3) is 2.48. The quantitative estimate of drug-likeness (QED) is 0.794. The third-order valence-corrected chi connectivity index (χ3v) is 4.18. The number of carbonyl (C=O) groups is 1. The topological polar surface area (TPSA) is 65.2 Å². The molecule has 0 saturated carbocycles. The highest BCUT2D eigenvalue weighted by atomic mass is 16.2. The van der Waals surface area contributed by atoms with Gasteiger partial charge < -0.3 is 20.4 Å². The van der Waals surface area contributed by atoms with Crippen molar-refractivity contribution >= 4 is 12.0 Å². The van der Waals surface area contributed by atoms with Gasteiger partial charge in [-0.25, -0.2) is 4.79 Å². The van der Waals surface area contributed by atoms with E-state index in [-0.39, 0.29) is 11.6 Å². The minimum atomic E-state index is 0.0587. The molecule has 0 aliphatic carbocycles. The zero-order valence-electron chi connectivity index (χ0n) is 12.2. The molecule has 6 nitrogen and oxygen atoms in total. The van der Waals surface area contributed by atoms with Crippen LogP contribution < -0.4 is 5.73 Å². The van der Waals surface area contributed by atoms with Gasteiger partial charge in [-0.15, -0.1) is 0 Å². The molecule has 2 aliphatic rings. The van der Waals surface area contributed by atoms with Crippen LogP contribution in [0.1, 0.15) is 26.2 Å². The van der Waals surface area contributed by atoms with Gasteiger partial charge in [0.05, 0.1) is 12.1 Å². The Morgan fingerprint density at radius 1 is 1.42 bits per heavy atom. The summed E-state index contributed by atoms with van der Waals surface area (Å²) in [4.78, 5) is 22.2. The highest BCUT2D eigenvalue weighted by Crippen LogP contribution is 2.33. The molecule has 6 heteroatoms. The Morgan fingerprint density at radius 2 is 2.05 bits per heavy atom. The first-order chi connectivity index (χ1) is 9.00. The molecule has 2 N–H and O–H groups in total. The van der Waals surface area contributed by atoms with Gasteiger partial charge in [-0.05, 0) is 19.3 Å². The first-order valence-electron chi connectivity index (χ1n) is 7.04. The number of rotatable bonds is 2. The van der Waals surface area contributed by atoms with Gasteiger partial charge in [0, 0.05) is 33.7 Å². The van der Waals surface area contributed by atoms with Crippen molar-refractivity contribution in [1.82, 2.24) is 14.7 Å². The zero-order valence-corrected chi connectivity index (χ0v) is 12.2. The SMILES string of the molecule is CCCN1C(N)=NCC12CCN(C(=O)N(C)C)CC2. The molecule has 2 amide bonds. The predicted molar refractivity (Wildman–Crippen MR) is 76.1 cm³/mol. The van der Waals surface area contributed by atoms with Crippen molar-refractivity contribution in [3.8, 4) is 0 Å². The number of aliphatic imine (C=N–C) groups is 1. The van der Waals surface area contributed by atoms with Gasteiger partial charge in [0.25, 0.3) is 0 Å². The summed E-state index contributed by atoms with van der Waals surface area (Å²) in [7, 11) is 3.60. The second-order valence-corrected chi connectivity index (χ2v) is 5.71. The number of piperidine rings is 1. The van der Waals surface area contributed by atoms with E-state index in [1.165, 1.54) is 0 Å². The Hall–Kier alpha value is -1.46. The molecular weight excluding hydrogens is 242 g/mol. The number of likely N-dealkylation sites (tertiary alicyclic amines) is 1. The molecule has 1 fully saturated rings. The summed E-state index contributed by atoms with van der Waals surface area (Å²) in [5.74, 6) is 0.675. The lowest BCUT2D eigenvalue weighted by Gasteiger charge is -2.45. The molecular formula is C13H25N5O. The van der Waals surface area contributed by atoms with Crippen molar-refractivity contribution in [2.75, 3.05) is 40.3 Å². The maximum atomic E-state index is 12.0. The lowest BCUT2D eigenvalue weighted by molar-refractivity contribution is 0.0891. The van der Waals surface area contributed by atoms with E-state index >= 15 is 0 Å². The molecule has 0 radical (unpaired) electrons. The van der Waals surface area contributed by atoms with E-state index < -0.39 is 0 Å². The molecule has 0 aromatic rings. The van der Waals surface area contributed by atoms with E-state index in [0.29, 0.717) is 5.96 Å². The van der Waals surface area contributed by atoms with Gasteiger partial charge in [-0.1, -0.05) is 6.92 Å². The molecule has 0 atom stereocenters. The van der Waals surface area contributed by atoms with Gasteiger partial charge in [-0.2, -0.15) is 0 Å². The van der Waals surface area contributed by atoms with E-state index in [4.69, 9.17) is 5.73 Å². The van der Waals surface area contributed by atoms with Crippen molar-refractivity contribution < 1.29 is 4.79 Å². The predicted octanol–water partition coefficient (Wildman–Crippen LogP) is 0.543. The number of carbonyl (C=O) groups excluding carboxylic acids is 1. The van der Waals surface area contributed by atoms with Crippen LogP contribution in [-0.4, -0.2) is 72.5 Å². The first-order valence-corrected chi connectivity index (χ1v) is 7.04. The summed E-state index contributed by atoms with van der Waals surface area (Å²) < 4.78 is 0. The standard InChI is InChI=1S/C13H25N5O/c1-4-7-18-11(14)15-10-13(18)5-8-17(9-6-13)12(19)16(2)3/h4-10H2,1-3H3,(H2,14,15). The average molecular weight is 267 g/mol. The van der Waals surface area contributed by atoms with Crippen molar-refractivity contribution in [3.63, 3.8) is 0 Å². The van der Waals surface area contributed by atoms with Crippen LogP contribution in [0.4, 0.5) is 4.79 Å². The Labute approximate surface area is 115 Å². The molecule has 0 bridgehead atoms. The zero-order chi connectivity index (χ0) is 14.0. The summed E-state index contributed by atoms with van der Waals surface area (Å²) in [6.45, 7) is 5.48. The first kappa shape index (κ1) is 14.0. The lowest BCUT2D eigenvalue weighted by Crippen LogP contribution is -2.58. The van der Waals surface area contributed by atoms with Crippen LogP contribution in [0.25, 0.3) is 0 Å². The molecule has 2 rings (SSSR count). The molecule has 0 unspecified atom stereocenters. The number of amides is 2. The van der Waals surface area contributed by atoms with Crippen LogP contribution in [0.3, 0.4) is 0 Å². The number of hydrogen-bond acceptors (Lipinski definition) is 4. The van der Waals surface area contributed by atoms with E-state index in [2.05, 4.69) is 16.8 Å². The molecule has 108 valence electrons. The summed E-state index contributed by atoms with van der Waals surface area (Å²) in [6.07, 6.45) is 2.98. The third-order valence-electron chi connectivity index (χ3n) is 4.18. The lowest BCUT2D eigenvalue weighted by atomic mass is 9.86. The Balaban J connectivity index is 2.01. The number of nitrogens with zero attached hydrogens (tertiary/aromatic N) is 4. The van der Waals surface area contributed by atoms with E-state index in [0.717, 1.165) is 45.4 Å². The van der Waals surface area contributed by atoms with Crippen molar-refractivity contribution in [3.05, 3.63) is 0 Å². The number of urea groups is 1. The average Bonchev–Trinajstić information content (AvgIpc) is 2.69. The molecule has 0 aromatic carbocycles. The number of hydrogen-bond donors (Lipinski definition) is 1. The van der Waals surface area contributed by atoms with E-state index in [1.807, 2.05) is 4.90 Å². The van der Waals surface area contributed by atoms with E-state index in [1.54, 1.807) is 19.0 Å². The van der Waals surface area contributed by atoms with Crippen LogP contribution in [0.15, 0.2) is 4.99 Å². The van der Waals surface area contributed by atoms with Gasteiger partial charge >= 0.3 is 6.03 Å². The Kier molecular flexibility index (Phi) is 3.87. The van der Waals surface area contributed by atoms with Crippen LogP contribution in [0.2, 0.25) is 0 Å². The monoisotopic (exact) mass is 267 g/mol. The summed E-state index contributed by atoms with van der Waals surface area (Å²) in [5.41, 5.74) is 6.06. The normalized spacial score (nSPS) is 21.7. The summed E-state index contributed by atoms with van der Waals surface area (Å²) >= 11 is 0. The van der Waals surface area contributed by atoms with E-state index in [9.17, 15) is 4.79 Å². The Morgan fingerprint density at radius 3 is 2.58 bits per heavy atom. The summed E-state index contributed by atoms with van der Waals surface area (Å²) in [5, 5.41) is 0. The molecule has 2 heterocycles. The summed E-state index contributed by atoms with van der Waals surface area (Å²) in [6, 6.07) is 0.101. The Bertz CT molecular complexity index is 371. The van der Waals surface area contributed by atoms with Crippen LogP contribution in [0.5, 0.6) is 0 Å². The van der Waals surface area contributed by atoms with Crippen molar-refractivity contribution in [1.29, 1.82) is 0 Å². The van der Waals surface area contributed by atoms with Gasteiger partial charge in [-0.3, -0.25) is 4.99 Å². The number of nitrogens with two attached hydrogens (primary N) is 1. The second kappa shape index (κ2) is 5.27. The fourth-order valence-electron chi connectivity index (χ4n) is 3.04.